The van der Waals surface area contributed by atoms with Gasteiger partial charge in [-0.05, 0) is 48.5 Å². The summed E-state index contributed by atoms with van der Waals surface area (Å²) in [7, 11) is -1.18. The number of hydrogen-bond donors (Lipinski definition) is 3. The maximum absolute atomic E-state index is 12.9. The van der Waals surface area contributed by atoms with Gasteiger partial charge in [-0.25, -0.2) is 18.4 Å². The van der Waals surface area contributed by atoms with Gasteiger partial charge in [0.1, 0.15) is 0 Å². The van der Waals surface area contributed by atoms with E-state index in [2.05, 4.69) is 5.32 Å². The molecule has 0 radical (unpaired) electrons. The molecule has 3 rings (SSSR count). The molecule has 0 aromatic heterocycles. The Morgan fingerprint density at radius 1 is 0.867 bits per heavy atom. The molecule has 0 saturated heterocycles. The number of carboxylic acid groups (broad SMARTS) is 1. The first kappa shape index (κ1) is 21.9. The van der Waals surface area contributed by atoms with Crippen LogP contribution in [0.25, 0.3) is 0 Å². The standard InChI is InChI=1S/C20H16N2O5S3/c21-30(26,27)15-11-9-13(10-12-15)22-19(23)18-16(20(24)25)7-4-8-17(18)29-28-14-5-2-1-3-6-14/h1-12H,(H,22,23)(H,24,25)(H2,21,26,27). The Balaban J connectivity index is 1.88. The van der Waals surface area contributed by atoms with Gasteiger partial charge in [0, 0.05) is 15.5 Å². The molecule has 0 saturated carbocycles. The van der Waals surface area contributed by atoms with Crippen molar-refractivity contribution in [2.24, 2.45) is 5.14 Å². The molecule has 0 aliphatic heterocycles. The van der Waals surface area contributed by atoms with Crippen LogP contribution in [0.4, 0.5) is 5.69 Å². The van der Waals surface area contributed by atoms with Crippen molar-refractivity contribution in [1.29, 1.82) is 0 Å². The second-order valence-corrected chi connectivity index (χ2v) is 9.79. The highest BCUT2D eigenvalue weighted by atomic mass is 33.1. The Labute approximate surface area is 181 Å². The number of benzene rings is 3. The molecule has 0 aliphatic rings. The van der Waals surface area contributed by atoms with Crippen LogP contribution in [0, 0.1) is 0 Å². The second-order valence-electron chi connectivity index (χ2n) is 5.99. The number of nitrogens with two attached hydrogens (primary N) is 1. The lowest BCUT2D eigenvalue weighted by atomic mass is 10.1. The van der Waals surface area contributed by atoms with Gasteiger partial charge in [0.2, 0.25) is 10.0 Å². The van der Waals surface area contributed by atoms with Crippen molar-refractivity contribution in [2.45, 2.75) is 14.7 Å². The molecule has 10 heteroatoms. The Hall–Kier alpha value is -2.79. The van der Waals surface area contributed by atoms with Crippen LogP contribution < -0.4 is 10.5 Å². The van der Waals surface area contributed by atoms with Gasteiger partial charge in [0.25, 0.3) is 5.91 Å². The van der Waals surface area contributed by atoms with E-state index in [1.54, 1.807) is 12.1 Å². The van der Waals surface area contributed by atoms with Crippen LogP contribution >= 0.6 is 21.6 Å². The van der Waals surface area contributed by atoms with Crippen LogP contribution in [-0.2, 0) is 10.0 Å². The molecule has 154 valence electrons. The van der Waals surface area contributed by atoms with E-state index in [4.69, 9.17) is 5.14 Å². The molecule has 7 nitrogen and oxygen atoms in total. The topological polar surface area (TPSA) is 127 Å². The van der Waals surface area contributed by atoms with Gasteiger partial charge in [-0.15, -0.1) is 0 Å². The van der Waals surface area contributed by atoms with Crippen LogP contribution in [-0.4, -0.2) is 25.4 Å². The number of primary sulfonamides is 1. The lowest BCUT2D eigenvalue weighted by Crippen LogP contribution is -2.18. The zero-order chi connectivity index (χ0) is 21.7. The molecular formula is C20H16N2O5S3. The van der Waals surface area contributed by atoms with Crippen molar-refractivity contribution < 1.29 is 23.1 Å². The van der Waals surface area contributed by atoms with E-state index >= 15 is 0 Å². The minimum Gasteiger partial charge on any atom is -0.478 e. The lowest BCUT2D eigenvalue weighted by molar-refractivity contribution is 0.0692. The van der Waals surface area contributed by atoms with Crippen molar-refractivity contribution in [3.63, 3.8) is 0 Å². The predicted molar refractivity (Wildman–Crippen MR) is 117 cm³/mol. The number of sulfonamides is 1. The van der Waals surface area contributed by atoms with E-state index in [0.29, 0.717) is 10.6 Å². The summed E-state index contributed by atoms with van der Waals surface area (Å²) < 4.78 is 22.7. The Bertz CT molecular complexity index is 1180. The number of anilines is 1. The van der Waals surface area contributed by atoms with Crippen molar-refractivity contribution in [2.75, 3.05) is 5.32 Å². The van der Waals surface area contributed by atoms with Gasteiger partial charge in [-0.2, -0.15) is 0 Å². The fraction of sp³-hybridized carbons (Fsp3) is 0. The molecule has 0 unspecified atom stereocenters. The van der Waals surface area contributed by atoms with Crippen molar-refractivity contribution >= 4 is 49.2 Å². The number of aromatic carboxylic acids is 1. The normalized spacial score (nSPS) is 11.1. The molecule has 0 aliphatic carbocycles. The molecule has 0 spiro atoms. The zero-order valence-corrected chi connectivity index (χ0v) is 17.8. The molecule has 0 bridgehead atoms. The molecular weight excluding hydrogens is 444 g/mol. The van der Waals surface area contributed by atoms with Crippen LogP contribution in [0.5, 0.6) is 0 Å². The summed E-state index contributed by atoms with van der Waals surface area (Å²) in [6.45, 7) is 0. The SMILES string of the molecule is NS(=O)(=O)c1ccc(NC(=O)c2c(SSc3ccccc3)cccc2C(=O)O)cc1. The fourth-order valence-electron chi connectivity index (χ4n) is 2.50. The quantitative estimate of drug-likeness (QED) is 0.453. The van der Waals surface area contributed by atoms with Crippen LogP contribution in [0.1, 0.15) is 20.7 Å². The first-order valence-electron chi connectivity index (χ1n) is 8.46. The highest BCUT2D eigenvalue weighted by Crippen LogP contribution is 2.40. The minimum absolute atomic E-state index is 0.0222. The minimum atomic E-state index is -3.86. The van der Waals surface area contributed by atoms with Gasteiger partial charge < -0.3 is 10.4 Å². The van der Waals surface area contributed by atoms with E-state index in [1.807, 2.05) is 30.3 Å². The summed E-state index contributed by atoms with van der Waals surface area (Å²) in [6.07, 6.45) is 0. The molecule has 1 amide bonds. The third-order valence-electron chi connectivity index (χ3n) is 3.90. The molecule has 0 atom stereocenters. The smallest absolute Gasteiger partial charge is 0.336 e. The van der Waals surface area contributed by atoms with Crippen molar-refractivity contribution in [3.05, 3.63) is 83.9 Å². The maximum atomic E-state index is 12.9. The summed E-state index contributed by atoms with van der Waals surface area (Å²) in [6, 6.07) is 19.4. The molecule has 0 fully saturated rings. The molecule has 3 aromatic rings. The summed E-state index contributed by atoms with van der Waals surface area (Å²) in [5, 5.41) is 17.2. The van der Waals surface area contributed by atoms with Crippen molar-refractivity contribution in [1.82, 2.24) is 0 Å². The summed E-state index contributed by atoms with van der Waals surface area (Å²) in [5.41, 5.74) is 0.195. The largest absolute Gasteiger partial charge is 0.478 e. The molecule has 30 heavy (non-hydrogen) atoms. The van der Waals surface area contributed by atoms with E-state index in [-0.39, 0.29) is 16.0 Å². The number of carbonyl (C=O) groups excluding carboxylic acids is 1. The Morgan fingerprint density at radius 3 is 2.13 bits per heavy atom. The third kappa shape index (κ3) is 5.42. The van der Waals surface area contributed by atoms with Gasteiger partial charge in [-0.1, -0.05) is 45.9 Å². The maximum Gasteiger partial charge on any atom is 0.336 e. The predicted octanol–water partition coefficient (Wildman–Crippen LogP) is 4.08. The number of rotatable bonds is 7. The first-order valence-corrected chi connectivity index (χ1v) is 12.2. The van der Waals surface area contributed by atoms with Gasteiger partial charge in [0.15, 0.2) is 0 Å². The van der Waals surface area contributed by atoms with Crippen LogP contribution in [0.3, 0.4) is 0 Å². The third-order valence-corrected chi connectivity index (χ3v) is 7.26. The number of amides is 1. The highest BCUT2D eigenvalue weighted by molar-refractivity contribution is 8.76. The number of nitrogens with one attached hydrogen (secondary N) is 1. The van der Waals surface area contributed by atoms with Gasteiger partial charge >= 0.3 is 5.97 Å². The molecule has 3 aromatic carbocycles. The van der Waals surface area contributed by atoms with E-state index in [1.165, 1.54) is 51.9 Å². The Morgan fingerprint density at radius 2 is 1.53 bits per heavy atom. The summed E-state index contributed by atoms with van der Waals surface area (Å²) in [4.78, 5) is 25.9. The average Bonchev–Trinajstić information content (AvgIpc) is 2.72. The summed E-state index contributed by atoms with van der Waals surface area (Å²) in [5.74, 6) is -1.84. The number of hydrogen-bond acceptors (Lipinski definition) is 6. The van der Waals surface area contributed by atoms with E-state index in [0.717, 1.165) is 4.90 Å². The zero-order valence-electron chi connectivity index (χ0n) is 15.3. The highest BCUT2D eigenvalue weighted by Gasteiger charge is 2.21. The molecule has 4 N–H and O–H groups in total. The second kappa shape index (κ2) is 9.35. The number of carboxylic acids is 1. The monoisotopic (exact) mass is 460 g/mol. The van der Waals surface area contributed by atoms with Gasteiger partial charge in [0.05, 0.1) is 16.0 Å². The lowest BCUT2D eigenvalue weighted by Gasteiger charge is -2.12. The van der Waals surface area contributed by atoms with Crippen LogP contribution in [0.15, 0.2) is 87.5 Å². The van der Waals surface area contributed by atoms with Crippen molar-refractivity contribution in [3.8, 4) is 0 Å². The fourth-order valence-corrected chi connectivity index (χ4v) is 5.20. The van der Waals surface area contributed by atoms with Crippen LogP contribution in [0.2, 0.25) is 0 Å². The summed E-state index contributed by atoms with van der Waals surface area (Å²) >= 11 is 0. The average molecular weight is 461 g/mol. The van der Waals surface area contributed by atoms with E-state index < -0.39 is 21.9 Å². The van der Waals surface area contributed by atoms with E-state index in [9.17, 15) is 23.1 Å². The number of carbonyl (C=O) groups is 2. The molecule has 0 heterocycles. The first-order chi connectivity index (χ1) is 14.3. The van der Waals surface area contributed by atoms with Gasteiger partial charge in [-0.3, -0.25) is 4.79 Å². The Kier molecular flexibility index (Phi) is 6.83.